The number of aliphatic hydroxyl groups is 1. The standard InChI is InChI=1S/C17H32O/c1-2-3-6-15-9-11-17(14-18,12-10-15)13-16-7-4-5-8-16/h15-16,18H,2-14H2,1H3. The van der Waals surface area contributed by atoms with E-state index in [1.807, 2.05) is 0 Å². The Bertz CT molecular complexity index is 222. The highest BCUT2D eigenvalue weighted by Gasteiger charge is 2.37. The van der Waals surface area contributed by atoms with Crippen LogP contribution in [0.25, 0.3) is 0 Å². The predicted molar refractivity (Wildman–Crippen MR) is 77.6 cm³/mol. The highest BCUT2D eigenvalue weighted by Crippen LogP contribution is 2.46. The van der Waals surface area contributed by atoms with Crippen LogP contribution in [0.15, 0.2) is 0 Å². The molecule has 0 aliphatic heterocycles. The molecule has 18 heavy (non-hydrogen) atoms. The van der Waals surface area contributed by atoms with Crippen LogP contribution in [0.1, 0.15) is 84.0 Å². The van der Waals surface area contributed by atoms with Gasteiger partial charge in [-0.3, -0.25) is 0 Å². The van der Waals surface area contributed by atoms with Gasteiger partial charge < -0.3 is 5.11 Å². The Morgan fingerprint density at radius 2 is 1.67 bits per heavy atom. The van der Waals surface area contributed by atoms with Gasteiger partial charge in [0.05, 0.1) is 0 Å². The van der Waals surface area contributed by atoms with Crippen molar-refractivity contribution >= 4 is 0 Å². The average Bonchev–Trinajstić information content (AvgIpc) is 2.91. The first-order chi connectivity index (χ1) is 8.78. The monoisotopic (exact) mass is 252 g/mol. The van der Waals surface area contributed by atoms with Crippen LogP contribution in [0.2, 0.25) is 0 Å². The lowest BCUT2D eigenvalue weighted by molar-refractivity contribution is 0.0394. The SMILES string of the molecule is CCCCC1CCC(CO)(CC2CCCC2)CC1. The molecule has 0 unspecified atom stereocenters. The molecule has 0 saturated heterocycles. The Balaban J connectivity index is 1.79. The number of hydrogen-bond donors (Lipinski definition) is 1. The van der Waals surface area contributed by atoms with Crippen molar-refractivity contribution in [2.24, 2.45) is 17.3 Å². The smallest absolute Gasteiger partial charge is 0.0487 e. The molecule has 0 radical (unpaired) electrons. The number of hydrogen-bond acceptors (Lipinski definition) is 1. The zero-order valence-electron chi connectivity index (χ0n) is 12.3. The summed E-state index contributed by atoms with van der Waals surface area (Å²) in [7, 11) is 0. The fraction of sp³-hybridized carbons (Fsp3) is 1.00. The second kappa shape index (κ2) is 6.93. The second-order valence-electron chi connectivity index (χ2n) is 7.10. The maximum absolute atomic E-state index is 9.86. The van der Waals surface area contributed by atoms with Crippen molar-refractivity contribution in [3.63, 3.8) is 0 Å². The minimum atomic E-state index is 0.317. The van der Waals surface area contributed by atoms with E-state index in [1.165, 1.54) is 77.0 Å². The van der Waals surface area contributed by atoms with Crippen molar-refractivity contribution in [1.29, 1.82) is 0 Å². The molecule has 0 aromatic rings. The second-order valence-corrected chi connectivity index (χ2v) is 7.10. The molecule has 2 aliphatic carbocycles. The van der Waals surface area contributed by atoms with Gasteiger partial charge in [0.15, 0.2) is 0 Å². The van der Waals surface area contributed by atoms with Crippen molar-refractivity contribution < 1.29 is 5.11 Å². The third kappa shape index (κ3) is 3.73. The first-order valence-corrected chi connectivity index (χ1v) is 8.39. The minimum absolute atomic E-state index is 0.317. The zero-order chi connectivity index (χ0) is 12.8. The van der Waals surface area contributed by atoms with E-state index in [2.05, 4.69) is 6.92 Å². The van der Waals surface area contributed by atoms with E-state index >= 15 is 0 Å². The Morgan fingerprint density at radius 1 is 1.00 bits per heavy atom. The van der Waals surface area contributed by atoms with E-state index < -0.39 is 0 Å². The van der Waals surface area contributed by atoms with E-state index in [0.29, 0.717) is 12.0 Å². The van der Waals surface area contributed by atoms with Crippen LogP contribution in [0.5, 0.6) is 0 Å². The van der Waals surface area contributed by atoms with Crippen molar-refractivity contribution in [2.75, 3.05) is 6.61 Å². The predicted octanol–water partition coefficient (Wildman–Crippen LogP) is 4.93. The van der Waals surface area contributed by atoms with E-state index in [0.717, 1.165) is 11.8 Å². The van der Waals surface area contributed by atoms with E-state index in [9.17, 15) is 5.11 Å². The number of aliphatic hydroxyl groups excluding tert-OH is 1. The summed E-state index contributed by atoms with van der Waals surface area (Å²) in [5.74, 6) is 1.90. The summed E-state index contributed by atoms with van der Waals surface area (Å²) < 4.78 is 0. The normalized spacial score (nSPS) is 34.0. The van der Waals surface area contributed by atoms with E-state index in [1.54, 1.807) is 0 Å². The van der Waals surface area contributed by atoms with E-state index in [-0.39, 0.29) is 0 Å². The maximum Gasteiger partial charge on any atom is 0.0487 e. The summed E-state index contributed by atoms with van der Waals surface area (Å²) in [6.45, 7) is 2.74. The van der Waals surface area contributed by atoms with Gasteiger partial charge in [0.2, 0.25) is 0 Å². The number of rotatable bonds is 6. The molecule has 106 valence electrons. The molecular weight excluding hydrogens is 220 g/mol. The Hall–Kier alpha value is -0.0400. The summed E-state index contributed by atoms with van der Waals surface area (Å²) in [6, 6.07) is 0. The summed E-state index contributed by atoms with van der Waals surface area (Å²) in [5, 5.41) is 9.86. The molecule has 1 N–H and O–H groups in total. The van der Waals surface area contributed by atoms with Crippen LogP contribution in [0.4, 0.5) is 0 Å². The van der Waals surface area contributed by atoms with Crippen molar-refractivity contribution in [1.82, 2.24) is 0 Å². The fourth-order valence-corrected chi connectivity index (χ4v) is 4.33. The number of unbranched alkanes of at least 4 members (excludes halogenated alkanes) is 1. The Labute approximate surface area is 113 Å². The Morgan fingerprint density at radius 3 is 2.22 bits per heavy atom. The van der Waals surface area contributed by atoms with Crippen LogP contribution in [-0.2, 0) is 0 Å². The quantitative estimate of drug-likeness (QED) is 0.711. The molecule has 0 atom stereocenters. The molecule has 2 saturated carbocycles. The highest BCUT2D eigenvalue weighted by molar-refractivity contribution is 4.88. The van der Waals surface area contributed by atoms with Crippen LogP contribution in [-0.4, -0.2) is 11.7 Å². The molecule has 0 spiro atoms. The summed E-state index contributed by atoms with van der Waals surface area (Å²) >= 11 is 0. The lowest BCUT2D eigenvalue weighted by Gasteiger charge is -2.40. The van der Waals surface area contributed by atoms with Crippen molar-refractivity contribution in [2.45, 2.75) is 84.0 Å². The lowest BCUT2D eigenvalue weighted by atomic mass is 9.66. The molecule has 2 fully saturated rings. The fourth-order valence-electron chi connectivity index (χ4n) is 4.33. The molecule has 1 heteroatoms. The lowest BCUT2D eigenvalue weighted by Crippen LogP contribution is -2.33. The first kappa shape index (κ1) is 14.4. The summed E-state index contributed by atoms with van der Waals surface area (Å²) in [4.78, 5) is 0. The summed E-state index contributed by atoms with van der Waals surface area (Å²) in [5.41, 5.74) is 0.317. The van der Waals surface area contributed by atoms with Gasteiger partial charge in [0.25, 0.3) is 0 Å². The topological polar surface area (TPSA) is 20.2 Å². The molecule has 0 bridgehead atoms. The maximum atomic E-state index is 9.86. The summed E-state index contributed by atoms with van der Waals surface area (Å²) in [6.07, 6.45) is 16.6. The third-order valence-electron chi connectivity index (χ3n) is 5.66. The van der Waals surface area contributed by atoms with Crippen molar-refractivity contribution in [3.8, 4) is 0 Å². The van der Waals surface area contributed by atoms with Gasteiger partial charge in [-0.2, -0.15) is 0 Å². The van der Waals surface area contributed by atoms with Crippen LogP contribution in [0, 0.1) is 17.3 Å². The molecule has 0 amide bonds. The van der Waals surface area contributed by atoms with Gasteiger partial charge in [0.1, 0.15) is 0 Å². The molecule has 2 aliphatic rings. The molecule has 0 heterocycles. The van der Waals surface area contributed by atoms with Gasteiger partial charge in [-0.25, -0.2) is 0 Å². The minimum Gasteiger partial charge on any atom is -0.396 e. The van der Waals surface area contributed by atoms with Gasteiger partial charge in [-0.15, -0.1) is 0 Å². The molecule has 2 rings (SSSR count). The van der Waals surface area contributed by atoms with Crippen molar-refractivity contribution in [3.05, 3.63) is 0 Å². The molecule has 0 aromatic carbocycles. The third-order valence-corrected chi connectivity index (χ3v) is 5.66. The van der Waals surface area contributed by atoms with E-state index in [4.69, 9.17) is 0 Å². The zero-order valence-corrected chi connectivity index (χ0v) is 12.3. The molecule has 0 aromatic heterocycles. The van der Waals surface area contributed by atoms with Gasteiger partial charge in [0, 0.05) is 6.61 Å². The highest BCUT2D eigenvalue weighted by atomic mass is 16.3. The Kier molecular flexibility index (Phi) is 5.54. The first-order valence-electron chi connectivity index (χ1n) is 8.39. The van der Waals surface area contributed by atoms with Gasteiger partial charge in [-0.05, 0) is 49.4 Å². The van der Waals surface area contributed by atoms with Crippen LogP contribution >= 0.6 is 0 Å². The van der Waals surface area contributed by atoms with Gasteiger partial charge in [-0.1, -0.05) is 51.9 Å². The average molecular weight is 252 g/mol. The molecular formula is C17H32O. The van der Waals surface area contributed by atoms with Gasteiger partial charge >= 0.3 is 0 Å². The largest absolute Gasteiger partial charge is 0.396 e. The van der Waals surface area contributed by atoms with Crippen LogP contribution < -0.4 is 0 Å². The molecule has 1 nitrogen and oxygen atoms in total. The van der Waals surface area contributed by atoms with Crippen LogP contribution in [0.3, 0.4) is 0 Å².